The number of aryl methyl sites for hydroxylation is 1. The summed E-state index contributed by atoms with van der Waals surface area (Å²) in [6, 6.07) is 6.60. The van der Waals surface area contributed by atoms with Crippen molar-refractivity contribution >= 4 is 28.3 Å². The van der Waals surface area contributed by atoms with E-state index in [0.717, 1.165) is 26.3 Å². The van der Waals surface area contributed by atoms with Gasteiger partial charge in [0.05, 0.1) is 13.2 Å². The van der Waals surface area contributed by atoms with Crippen LogP contribution in [0.15, 0.2) is 18.2 Å². The molecule has 0 atom stereocenters. The third-order valence-electron chi connectivity index (χ3n) is 2.51. The van der Waals surface area contributed by atoms with Gasteiger partial charge in [0.2, 0.25) is 0 Å². The van der Waals surface area contributed by atoms with Crippen LogP contribution in [0.4, 0.5) is 5.69 Å². The van der Waals surface area contributed by atoms with Crippen LogP contribution in [0.1, 0.15) is 5.56 Å². The Labute approximate surface area is 98.4 Å². The first-order valence-electron chi connectivity index (χ1n) is 4.86. The SMILES string of the molecule is Cc1cc(I)ccc1N1CCOCC1. The quantitative estimate of drug-likeness (QED) is 0.739. The second kappa shape index (κ2) is 4.49. The summed E-state index contributed by atoms with van der Waals surface area (Å²) < 4.78 is 6.64. The molecule has 1 fully saturated rings. The van der Waals surface area contributed by atoms with Gasteiger partial charge in [-0.2, -0.15) is 0 Å². The average Bonchev–Trinajstić information content (AvgIpc) is 2.19. The number of halogens is 1. The van der Waals surface area contributed by atoms with E-state index in [4.69, 9.17) is 4.74 Å². The number of nitrogens with zero attached hydrogens (tertiary/aromatic N) is 1. The number of hydrogen-bond donors (Lipinski definition) is 0. The maximum Gasteiger partial charge on any atom is 0.0642 e. The van der Waals surface area contributed by atoms with Crippen molar-refractivity contribution in [3.05, 3.63) is 27.3 Å². The molecule has 0 aliphatic carbocycles. The van der Waals surface area contributed by atoms with E-state index >= 15 is 0 Å². The zero-order chi connectivity index (χ0) is 9.97. The average molecular weight is 303 g/mol. The minimum atomic E-state index is 0.853. The van der Waals surface area contributed by atoms with E-state index in [9.17, 15) is 0 Å². The van der Waals surface area contributed by atoms with Gasteiger partial charge in [-0.05, 0) is 53.3 Å². The number of hydrogen-bond acceptors (Lipinski definition) is 2. The first kappa shape index (κ1) is 10.2. The summed E-state index contributed by atoms with van der Waals surface area (Å²) in [5.74, 6) is 0. The van der Waals surface area contributed by atoms with Gasteiger partial charge >= 0.3 is 0 Å². The molecule has 0 spiro atoms. The third kappa shape index (κ3) is 2.20. The molecule has 2 rings (SSSR count). The Kier molecular flexibility index (Phi) is 3.28. The number of ether oxygens (including phenoxy) is 1. The maximum atomic E-state index is 5.34. The molecule has 0 radical (unpaired) electrons. The Bertz CT molecular complexity index is 321. The van der Waals surface area contributed by atoms with Crippen LogP contribution in [0.25, 0.3) is 0 Å². The van der Waals surface area contributed by atoms with Crippen molar-refractivity contribution in [2.45, 2.75) is 6.92 Å². The summed E-state index contributed by atoms with van der Waals surface area (Å²) in [5.41, 5.74) is 2.72. The molecule has 0 bridgehead atoms. The van der Waals surface area contributed by atoms with Crippen LogP contribution < -0.4 is 4.90 Å². The fraction of sp³-hybridized carbons (Fsp3) is 0.455. The predicted molar refractivity (Wildman–Crippen MR) is 66.9 cm³/mol. The highest BCUT2D eigenvalue weighted by Gasteiger charge is 2.12. The van der Waals surface area contributed by atoms with Gasteiger partial charge < -0.3 is 9.64 Å². The summed E-state index contributed by atoms with van der Waals surface area (Å²) in [6.45, 7) is 5.91. The minimum Gasteiger partial charge on any atom is -0.378 e. The van der Waals surface area contributed by atoms with Crippen molar-refractivity contribution in [3.8, 4) is 0 Å². The number of morpholine rings is 1. The molecule has 1 aliphatic heterocycles. The molecular formula is C11H14INO. The van der Waals surface area contributed by atoms with Crippen LogP contribution in [0.5, 0.6) is 0 Å². The van der Waals surface area contributed by atoms with Gasteiger partial charge in [0.25, 0.3) is 0 Å². The Hall–Kier alpha value is -0.290. The van der Waals surface area contributed by atoms with Crippen LogP contribution in [0.2, 0.25) is 0 Å². The van der Waals surface area contributed by atoms with E-state index in [0.29, 0.717) is 0 Å². The number of benzene rings is 1. The molecule has 76 valence electrons. The summed E-state index contributed by atoms with van der Waals surface area (Å²) >= 11 is 2.35. The summed E-state index contributed by atoms with van der Waals surface area (Å²) in [6.07, 6.45) is 0. The summed E-state index contributed by atoms with van der Waals surface area (Å²) in [7, 11) is 0. The van der Waals surface area contributed by atoms with Crippen molar-refractivity contribution in [1.29, 1.82) is 0 Å². The number of anilines is 1. The molecule has 3 heteroatoms. The second-order valence-corrected chi connectivity index (χ2v) is 4.78. The highest BCUT2D eigenvalue weighted by atomic mass is 127. The largest absolute Gasteiger partial charge is 0.378 e. The van der Waals surface area contributed by atoms with E-state index in [1.165, 1.54) is 14.8 Å². The van der Waals surface area contributed by atoms with Crippen molar-refractivity contribution in [3.63, 3.8) is 0 Å². The Morgan fingerprint density at radius 1 is 1.29 bits per heavy atom. The van der Waals surface area contributed by atoms with Gasteiger partial charge in [0.1, 0.15) is 0 Å². The van der Waals surface area contributed by atoms with E-state index < -0.39 is 0 Å². The Morgan fingerprint density at radius 3 is 2.64 bits per heavy atom. The van der Waals surface area contributed by atoms with Crippen molar-refractivity contribution in [2.24, 2.45) is 0 Å². The molecule has 1 heterocycles. The first-order chi connectivity index (χ1) is 6.77. The van der Waals surface area contributed by atoms with Crippen molar-refractivity contribution in [1.82, 2.24) is 0 Å². The van der Waals surface area contributed by atoms with Crippen molar-refractivity contribution in [2.75, 3.05) is 31.2 Å². The molecule has 0 amide bonds. The zero-order valence-electron chi connectivity index (χ0n) is 8.29. The van der Waals surface area contributed by atoms with Gasteiger partial charge in [-0.1, -0.05) is 0 Å². The van der Waals surface area contributed by atoms with Crippen LogP contribution >= 0.6 is 22.6 Å². The van der Waals surface area contributed by atoms with E-state index in [-0.39, 0.29) is 0 Å². The molecule has 1 aromatic rings. The molecule has 14 heavy (non-hydrogen) atoms. The fourth-order valence-corrected chi connectivity index (χ4v) is 2.42. The number of rotatable bonds is 1. The highest BCUT2D eigenvalue weighted by molar-refractivity contribution is 14.1. The van der Waals surface area contributed by atoms with E-state index in [2.05, 4.69) is 52.6 Å². The molecule has 0 saturated carbocycles. The first-order valence-corrected chi connectivity index (χ1v) is 5.94. The molecule has 1 aliphatic rings. The molecule has 1 saturated heterocycles. The van der Waals surface area contributed by atoms with Gasteiger partial charge in [0.15, 0.2) is 0 Å². The molecule has 1 aromatic carbocycles. The van der Waals surface area contributed by atoms with Crippen LogP contribution in [0, 0.1) is 10.5 Å². The molecule has 2 nitrogen and oxygen atoms in total. The highest BCUT2D eigenvalue weighted by Crippen LogP contribution is 2.22. The monoisotopic (exact) mass is 303 g/mol. The van der Waals surface area contributed by atoms with Crippen LogP contribution in [-0.2, 0) is 4.74 Å². The molecule has 0 unspecified atom stereocenters. The van der Waals surface area contributed by atoms with Crippen LogP contribution in [-0.4, -0.2) is 26.3 Å². The lowest BCUT2D eigenvalue weighted by atomic mass is 10.2. The van der Waals surface area contributed by atoms with Gasteiger partial charge in [-0.25, -0.2) is 0 Å². The summed E-state index contributed by atoms with van der Waals surface area (Å²) in [4.78, 5) is 2.40. The van der Waals surface area contributed by atoms with Gasteiger partial charge in [-0.15, -0.1) is 0 Å². The zero-order valence-corrected chi connectivity index (χ0v) is 10.5. The lowest BCUT2D eigenvalue weighted by molar-refractivity contribution is 0.122. The Balaban J connectivity index is 2.22. The molecule has 0 aromatic heterocycles. The lowest BCUT2D eigenvalue weighted by Crippen LogP contribution is -2.36. The maximum absolute atomic E-state index is 5.34. The smallest absolute Gasteiger partial charge is 0.0642 e. The minimum absolute atomic E-state index is 0.853. The second-order valence-electron chi connectivity index (χ2n) is 3.53. The van der Waals surface area contributed by atoms with Crippen molar-refractivity contribution < 1.29 is 4.74 Å². The predicted octanol–water partition coefficient (Wildman–Crippen LogP) is 2.44. The molecular weight excluding hydrogens is 289 g/mol. The molecule has 0 N–H and O–H groups in total. The van der Waals surface area contributed by atoms with E-state index in [1.807, 2.05) is 0 Å². The normalized spacial score (nSPS) is 17.1. The van der Waals surface area contributed by atoms with Gasteiger partial charge in [0, 0.05) is 22.3 Å². The third-order valence-corrected chi connectivity index (χ3v) is 3.18. The standard InChI is InChI=1S/C11H14INO/c1-9-8-10(12)2-3-11(9)13-4-6-14-7-5-13/h2-3,8H,4-7H2,1H3. The van der Waals surface area contributed by atoms with Gasteiger partial charge in [-0.3, -0.25) is 0 Å². The summed E-state index contributed by atoms with van der Waals surface area (Å²) in [5, 5.41) is 0. The van der Waals surface area contributed by atoms with E-state index in [1.54, 1.807) is 0 Å². The lowest BCUT2D eigenvalue weighted by Gasteiger charge is -2.30. The topological polar surface area (TPSA) is 12.5 Å². The van der Waals surface area contributed by atoms with Crippen LogP contribution in [0.3, 0.4) is 0 Å². The Morgan fingerprint density at radius 2 is 2.00 bits per heavy atom. The fourth-order valence-electron chi connectivity index (χ4n) is 1.78.